The van der Waals surface area contributed by atoms with Crippen molar-refractivity contribution in [2.45, 2.75) is 6.42 Å². The fourth-order valence-electron chi connectivity index (χ4n) is 3.13. The Labute approximate surface area is 167 Å². The smallest absolute Gasteiger partial charge is 0.326 e. The minimum absolute atomic E-state index is 0.0963. The van der Waals surface area contributed by atoms with Crippen LogP contribution < -0.4 is 16.0 Å². The van der Waals surface area contributed by atoms with Crippen molar-refractivity contribution in [2.75, 3.05) is 16.8 Å². The molecule has 2 heterocycles. The van der Waals surface area contributed by atoms with Gasteiger partial charge in [0.25, 0.3) is 0 Å². The Hall–Kier alpha value is -3.20. The van der Waals surface area contributed by atoms with Gasteiger partial charge >= 0.3 is 5.76 Å². The quantitative estimate of drug-likeness (QED) is 0.645. The van der Waals surface area contributed by atoms with Crippen molar-refractivity contribution in [1.82, 2.24) is 10.1 Å². The van der Waals surface area contributed by atoms with Crippen LogP contribution >= 0.6 is 15.9 Å². The van der Waals surface area contributed by atoms with E-state index in [4.69, 9.17) is 0 Å². The van der Waals surface area contributed by atoms with Crippen molar-refractivity contribution in [2.24, 2.45) is 5.92 Å². The van der Waals surface area contributed by atoms with Crippen LogP contribution in [-0.4, -0.2) is 28.5 Å². The molecule has 2 aromatic carbocycles. The molecule has 2 amide bonds. The molecule has 1 aliphatic rings. The molecule has 1 atom stereocenters. The van der Waals surface area contributed by atoms with Gasteiger partial charge in [-0.1, -0.05) is 29.4 Å². The van der Waals surface area contributed by atoms with Gasteiger partial charge in [0.2, 0.25) is 11.8 Å². The van der Waals surface area contributed by atoms with Crippen molar-refractivity contribution in [1.29, 1.82) is 0 Å². The first kappa shape index (κ1) is 18.2. The second-order valence-electron chi connectivity index (χ2n) is 6.37. The fraction of sp³-hybridized carbons (Fsp3) is 0.158. The average molecular weight is 443 g/mol. The maximum atomic E-state index is 12.7. The van der Waals surface area contributed by atoms with Gasteiger partial charge < -0.3 is 10.2 Å². The van der Waals surface area contributed by atoms with E-state index in [9.17, 15) is 14.4 Å². The molecule has 0 aliphatic carbocycles. The highest BCUT2D eigenvalue weighted by Crippen LogP contribution is 2.31. The topological polar surface area (TPSA) is 108 Å². The molecular weight excluding hydrogens is 428 g/mol. The van der Waals surface area contributed by atoms with Crippen LogP contribution in [0.1, 0.15) is 6.42 Å². The number of nitrogens with one attached hydrogen (secondary N) is 2. The summed E-state index contributed by atoms with van der Waals surface area (Å²) in [5.74, 6) is -1.18. The lowest BCUT2D eigenvalue weighted by Gasteiger charge is -2.18. The lowest BCUT2D eigenvalue weighted by atomic mass is 10.1. The number of hydrogen-bond donors (Lipinski definition) is 2. The number of halogens is 1. The number of aromatic amines is 1. The third kappa shape index (κ3) is 3.61. The normalized spacial score (nSPS) is 16.4. The second kappa shape index (κ2) is 7.43. The van der Waals surface area contributed by atoms with E-state index in [2.05, 4.69) is 35.9 Å². The molecule has 142 valence electrons. The van der Waals surface area contributed by atoms with Crippen LogP contribution in [0.3, 0.4) is 0 Å². The molecule has 0 spiro atoms. The lowest BCUT2D eigenvalue weighted by molar-refractivity contribution is -0.122. The number of H-pyrrole nitrogens is 1. The predicted octanol–water partition coefficient (Wildman–Crippen LogP) is 2.78. The zero-order valence-corrected chi connectivity index (χ0v) is 16.1. The number of carbonyl (C=O) groups excluding carboxylic acids is 2. The Morgan fingerprint density at radius 2 is 2.04 bits per heavy atom. The van der Waals surface area contributed by atoms with E-state index in [1.807, 2.05) is 24.3 Å². The van der Waals surface area contributed by atoms with E-state index in [0.717, 1.165) is 10.2 Å². The molecule has 0 saturated carbocycles. The summed E-state index contributed by atoms with van der Waals surface area (Å²) in [5, 5.41) is 6.46. The predicted molar refractivity (Wildman–Crippen MR) is 106 cm³/mol. The number of benzene rings is 2. The number of para-hydroxylation sites is 1. The first-order valence-corrected chi connectivity index (χ1v) is 9.33. The molecule has 1 saturated heterocycles. The highest BCUT2D eigenvalue weighted by Gasteiger charge is 2.35. The molecule has 0 bridgehead atoms. The summed E-state index contributed by atoms with van der Waals surface area (Å²) in [6, 6.07) is 14.3. The minimum atomic E-state index is -0.652. The monoisotopic (exact) mass is 442 g/mol. The molecule has 4 rings (SSSR count). The van der Waals surface area contributed by atoms with Crippen molar-refractivity contribution in [3.8, 4) is 11.4 Å². The van der Waals surface area contributed by atoms with Crippen LogP contribution in [-0.2, 0) is 9.59 Å². The van der Waals surface area contributed by atoms with Gasteiger partial charge in [-0.15, -0.1) is 0 Å². The second-order valence-corrected chi connectivity index (χ2v) is 7.22. The van der Waals surface area contributed by atoms with Crippen molar-refractivity contribution < 1.29 is 14.1 Å². The maximum absolute atomic E-state index is 12.7. The van der Waals surface area contributed by atoms with Gasteiger partial charge in [-0.3, -0.25) is 19.1 Å². The number of anilines is 2. The molecule has 1 aliphatic heterocycles. The van der Waals surface area contributed by atoms with Gasteiger partial charge in [-0.2, -0.15) is 0 Å². The molecule has 28 heavy (non-hydrogen) atoms. The first-order valence-electron chi connectivity index (χ1n) is 8.53. The van der Waals surface area contributed by atoms with Gasteiger partial charge in [-0.05, 0) is 40.2 Å². The molecule has 2 N–H and O–H groups in total. The third-order valence-corrected chi connectivity index (χ3v) is 5.15. The fourth-order valence-corrected chi connectivity index (χ4v) is 3.63. The van der Waals surface area contributed by atoms with Crippen LogP contribution in [0.2, 0.25) is 0 Å². The van der Waals surface area contributed by atoms with Gasteiger partial charge in [0, 0.05) is 28.7 Å². The van der Waals surface area contributed by atoms with Crippen LogP contribution in [0.4, 0.5) is 11.4 Å². The molecule has 0 radical (unpaired) electrons. The highest BCUT2D eigenvalue weighted by molar-refractivity contribution is 9.10. The van der Waals surface area contributed by atoms with Gasteiger partial charge in [-0.25, -0.2) is 4.79 Å². The van der Waals surface area contributed by atoms with Crippen molar-refractivity contribution in [3.63, 3.8) is 0 Å². The van der Waals surface area contributed by atoms with Crippen LogP contribution in [0, 0.1) is 5.92 Å². The lowest BCUT2D eigenvalue weighted by Crippen LogP contribution is -2.28. The molecule has 1 fully saturated rings. The molecule has 3 aromatic rings. The molecule has 1 unspecified atom stereocenters. The largest absolute Gasteiger partial charge is 0.439 e. The maximum Gasteiger partial charge on any atom is 0.439 e. The van der Waals surface area contributed by atoms with E-state index < -0.39 is 11.7 Å². The van der Waals surface area contributed by atoms with Crippen molar-refractivity contribution in [3.05, 3.63) is 63.6 Å². The summed E-state index contributed by atoms with van der Waals surface area (Å²) >= 11 is 3.44. The number of hydrogen-bond acceptors (Lipinski definition) is 5. The number of nitrogens with zero attached hydrogens (tertiary/aromatic N) is 2. The summed E-state index contributed by atoms with van der Waals surface area (Å²) < 4.78 is 5.31. The van der Waals surface area contributed by atoms with E-state index >= 15 is 0 Å². The molecule has 9 heteroatoms. The average Bonchev–Trinajstić information content (AvgIpc) is 3.28. The van der Waals surface area contributed by atoms with Crippen LogP contribution in [0.25, 0.3) is 11.4 Å². The number of carbonyl (C=O) groups is 2. The molecule has 1 aromatic heterocycles. The SMILES string of the molecule is O=C(Nc1cccc(-c2noc(=O)[nH]2)c1)C1CC(=O)N(c2ccccc2Br)C1. The summed E-state index contributed by atoms with van der Waals surface area (Å²) in [5.41, 5.74) is 1.89. The number of amides is 2. The third-order valence-electron chi connectivity index (χ3n) is 4.48. The zero-order valence-electron chi connectivity index (χ0n) is 14.5. The van der Waals surface area contributed by atoms with Crippen LogP contribution in [0.15, 0.2) is 62.3 Å². The first-order chi connectivity index (χ1) is 13.5. The number of rotatable bonds is 4. The Balaban J connectivity index is 1.48. The van der Waals surface area contributed by atoms with Crippen LogP contribution in [0.5, 0.6) is 0 Å². The Morgan fingerprint density at radius 3 is 2.79 bits per heavy atom. The molecular formula is C19H15BrN4O4. The van der Waals surface area contributed by atoms with Gasteiger partial charge in [0.15, 0.2) is 5.82 Å². The van der Waals surface area contributed by atoms with E-state index in [1.165, 1.54) is 0 Å². The number of aromatic nitrogens is 2. The van der Waals surface area contributed by atoms with E-state index in [0.29, 0.717) is 17.8 Å². The van der Waals surface area contributed by atoms with Gasteiger partial charge in [0.1, 0.15) is 0 Å². The highest BCUT2D eigenvalue weighted by atomic mass is 79.9. The standard InChI is InChI=1S/C19H15BrN4O4/c20-14-6-1-2-7-15(14)24-10-12(9-16(24)25)18(26)21-13-5-3-4-11(8-13)17-22-19(27)28-23-17/h1-8,12H,9-10H2,(H,21,26)(H,22,23,27). The molecule has 8 nitrogen and oxygen atoms in total. The zero-order chi connectivity index (χ0) is 19.7. The van der Waals surface area contributed by atoms with E-state index in [1.54, 1.807) is 29.2 Å². The Morgan fingerprint density at radius 1 is 1.21 bits per heavy atom. The van der Waals surface area contributed by atoms with E-state index in [-0.39, 0.29) is 24.1 Å². The van der Waals surface area contributed by atoms with Crippen molar-refractivity contribution >= 4 is 39.1 Å². The summed E-state index contributed by atoms with van der Waals surface area (Å²) in [6.07, 6.45) is 0.142. The summed E-state index contributed by atoms with van der Waals surface area (Å²) in [4.78, 5) is 40.3. The van der Waals surface area contributed by atoms with Gasteiger partial charge in [0.05, 0.1) is 11.6 Å². The summed E-state index contributed by atoms with van der Waals surface area (Å²) in [7, 11) is 0. The summed E-state index contributed by atoms with van der Waals surface area (Å²) in [6.45, 7) is 0.309. The Kier molecular flexibility index (Phi) is 4.82. The minimum Gasteiger partial charge on any atom is -0.326 e. The Bertz CT molecular complexity index is 1110.